The minimum Gasteiger partial charge on any atom is -0.457 e. The van der Waals surface area contributed by atoms with Crippen LogP contribution in [0.25, 0.3) is 0 Å². The van der Waals surface area contributed by atoms with E-state index < -0.39 is 11.7 Å². The van der Waals surface area contributed by atoms with Crippen molar-refractivity contribution in [2.45, 2.75) is 143 Å². The molecule has 0 aromatic carbocycles. The number of esters is 1. The Hall–Kier alpha value is -1.52. The average Bonchev–Trinajstić information content (AvgIpc) is 3.35. The average molecular weight is 713 g/mol. The molecule has 7 aliphatic rings. The van der Waals surface area contributed by atoms with Crippen molar-refractivity contribution in [1.82, 2.24) is 9.80 Å². The summed E-state index contributed by atoms with van der Waals surface area (Å²) in [6.07, 6.45) is 13.2. The molecule has 2 bridgehead atoms. The standard InChI is InChI=1S/C42H68N2O7/c1-25-21-31(37(39(6,7)47)49-27(3)45)50-30-22-29-28-11-12-32-38(4,5)33(51-35-24-44(19-20-48-35)23-34(46)43(9)10)14-16-42(32)26(2)41(42,15-13-28)18-17-40(29,8)36(25)30/h13,15,25-26,28-33,35-37,47H,11-12,14,16-24H2,1-10H3/b15-13+/t25-,26+,28+,29?,30?,31?,32?,33+,35?,36?,37+,40+,41+,42-/m1/s1. The molecule has 1 amide bonds. The summed E-state index contributed by atoms with van der Waals surface area (Å²) in [5, 5.41) is 11.1. The van der Waals surface area contributed by atoms with Gasteiger partial charge in [-0.1, -0.05) is 46.8 Å². The lowest BCUT2D eigenvalue weighted by Gasteiger charge is -2.55. The van der Waals surface area contributed by atoms with Gasteiger partial charge in [-0.2, -0.15) is 0 Å². The van der Waals surface area contributed by atoms with Crippen LogP contribution >= 0.6 is 0 Å². The first-order chi connectivity index (χ1) is 23.8. The fourth-order valence-corrected chi connectivity index (χ4v) is 13.8. The molecule has 0 aromatic heterocycles. The van der Waals surface area contributed by atoms with Crippen LogP contribution in [0.5, 0.6) is 0 Å². The van der Waals surface area contributed by atoms with Crippen molar-refractivity contribution < 1.29 is 33.6 Å². The first kappa shape index (κ1) is 37.8. The first-order valence-corrected chi connectivity index (χ1v) is 20.3. The number of likely N-dealkylation sites (N-methyl/N-ethyl adjacent to an activating group) is 1. The van der Waals surface area contributed by atoms with Crippen LogP contribution in [0, 0.1) is 57.2 Å². The van der Waals surface area contributed by atoms with Gasteiger partial charge in [-0.15, -0.1) is 0 Å². The van der Waals surface area contributed by atoms with E-state index in [9.17, 15) is 14.7 Å². The molecule has 9 heteroatoms. The smallest absolute Gasteiger partial charge is 0.303 e. The molecule has 5 aliphatic carbocycles. The summed E-state index contributed by atoms with van der Waals surface area (Å²) < 4.78 is 25.8. The first-order valence-electron chi connectivity index (χ1n) is 20.3. The van der Waals surface area contributed by atoms with Gasteiger partial charge in [0.2, 0.25) is 5.91 Å². The van der Waals surface area contributed by atoms with Crippen LogP contribution in [0.3, 0.4) is 0 Å². The number of rotatable bonds is 7. The maximum Gasteiger partial charge on any atom is 0.303 e. The maximum absolute atomic E-state index is 12.5. The predicted molar refractivity (Wildman–Crippen MR) is 195 cm³/mol. The van der Waals surface area contributed by atoms with Gasteiger partial charge in [-0.25, -0.2) is 0 Å². The van der Waals surface area contributed by atoms with Crippen LogP contribution in [0.1, 0.15) is 107 Å². The molecule has 7 rings (SSSR count). The molecule has 2 saturated heterocycles. The van der Waals surface area contributed by atoms with Crippen LogP contribution in [-0.2, 0) is 28.5 Å². The summed E-state index contributed by atoms with van der Waals surface area (Å²) in [7, 11) is 3.63. The van der Waals surface area contributed by atoms with Gasteiger partial charge >= 0.3 is 5.97 Å². The number of morpholine rings is 1. The molecule has 6 unspecified atom stereocenters. The maximum atomic E-state index is 12.5. The van der Waals surface area contributed by atoms with Crippen molar-refractivity contribution >= 4 is 11.9 Å². The third-order valence-corrected chi connectivity index (χ3v) is 16.2. The van der Waals surface area contributed by atoms with E-state index in [1.165, 1.54) is 39.0 Å². The highest BCUT2D eigenvalue weighted by Crippen LogP contribution is 2.83. The van der Waals surface area contributed by atoms with Crippen molar-refractivity contribution in [3.05, 3.63) is 12.2 Å². The number of nitrogens with zero attached hydrogens (tertiary/aromatic N) is 2. The highest BCUT2D eigenvalue weighted by atomic mass is 16.7. The molecule has 2 aliphatic heterocycles. The Kier molecular flexibility index (Phi) is 9.67. The fraction of sp³-hybridized carbons (Fsp3) is 0.905. The van der Waals surface area contributed by atoms with E-state index >= 15 is 0 Å². The molecule has 0 radical (unpaired) electrons. The third-order valence-electron chi connectivity index (χ3n) is 16.2. The SMILES string of the molecule is CC(=O)O[C@@H](C1C[C@@H](C)C2C(CC3[C@@H]4/C=C/[C@]5(CC[C@]23C)[C@H](C)[C@@]52CC[C@H](OC3CN(CC(=O)N(C)C)CCO3)C(C)(C)C2CC4)O1)C(C)(C)O. The van der Waals surface area contributed by atoms with Crippen molar-refractivity contribution in [3.63, 3.8) is 0 Å². The summed E-state index contributed by atoms with van der Waals surface area (Å²) >= 11 is 0. The zero-order valence-corrected chi connectivity index (χ0v) is 33.3. The van der Waals surface area contributed by atoms with E-state index in [0.29, 0.717) is 60.6 Å². The quantitative estimate of drug-likeness (QED) is 0.251. The van der Waals surface area contributed by atoms with Crippen LogP contribution in [0.4, 0.5) is 0 Å². The van der Waals surface area contributed by atoms with E-state index in [-0.39, 0.29) is 52.7 Å². The Morgan fingerprint density at radius 1 is 1.08 bits per heavy atom. The Bertz CT molecular complexity index is 1370. The van der Waals surface area contributed by atoms with Gasteiger partial charge in [0.1, 0.15) is 0 Å². The number of aliphatic hydroxyl groups is 1. The monoisotopic (exact) mass is 713 g/mol. The molecule has 1 N–H and O–H groups in total. The lowest BCUT2D eigenvalue weighted by molar-refractivity contribution is -0.241. The van der Waals surface area contributed by atoms with Gasteiger partial charge < -0.3 is 29.0 Å². The number of carbonyl (C=O) groups excluding carboxylic acids is 2. The van der Waals surface area contributed by atoms with E-state index in [1.54, 1.807) is 18.7 Å². The van der Waals surface area contributed by atoms with E-state index in [1.807, 2.05) is 14.1 Å². The second-order valence-corrected chi connectivity index (χ2v) is 19.7. The normalized spacial score (nSPS) is 47.2. The second kappa shape index (κ2) is 13.1. The summed E-state index contributed by atoms with van der Waals surface area (Å²) in [6, 6.07) is 0. The fourth-order valence-electron chi connectivity index (χ4n) is 13.8. The lowest BCUT2D eigenvalue weighted by Crippen LogP contribution is -2.54. The van der Waals surface area contributed by atoms with Crippen LogP contribution < -0.4 is 0 Å². The van der Waals surface area contributed by atoms with Gasteiger partial charge in [-0.3, -0.25) is 14.5 Å². The van der Waals surface area contributed by atoms with Crippen molar-refractivity contribution in [2.75, 3.05) is 40.3 Å². The number of fused-ring (bicyclic) bond motifs is 5. The number of ether oxygens (including phenoxy) is 4. The molecule has 5 fully saturated rings. The highest BCUT2D eigenvalue weighted by molar-refractivity contribution is 5.77. The molecule has 288 valence electrons. The van der Waals surface area contributed by atoms with Crippen LogP contribution in [-0.4, -0.2) is 103 Å². The number of amides is 1. The molecular formula is C42H68N2O7. The predicted octanol–water partition coefficient (Wildman–Crippen LogP) is 6.08. The third kappa shape index (κ3) is 6.06. The Balaban J connectivity index is 1.11. The Labute approximate surface area is 307 Å². The lowest BCUT2D eigenvalue weighted by atomic mass is 9.52. The van der Waals surface area contributed by atoms with Crippen LogP contribution in [0.2, 0.25) is 0 Å². The van der Waals surface area contributed by atoms with Gasteiger partial charge in [-0.05, 0) is 122 Å². The molecule has 51 heavy (non-hydrogen) atoms. The summed E-state index contributed by atoms with van der Waals surface area (Å²) in [4.78, 5) is 28.4. The molecule has 14 atom stereocenters. The minimum atomic E-state index is -1.18. The molecular weight excluding hydrogens is 644 g/mol. The molecule has 2 spiro atoms. The zero-order chi connectivity index (χ0) is 36.9. The van der Waals surface area contributed by atoms with E-state index in [2.05, 4.69) is 51.7 Å². The summed E-state index contributed by atoms with van der Waals surface area (Å²) in [5.74, 6) is 2.84. The largest absolute Gasteiger partial charge is 0.457 e. The van der Waals surface area contributed by atoms with Crippen molar-refractivity contribution in [3.8, 4) is 0 Å². The number of hydrogen-bond acceptors (Lipinski definition) is 8. The Morgan fingerprint density at radius 3 is 2.51 bits per heavy atom. The van der Waals surface area contributed by atoms with E-state index in [4.69, 9.17) is 18.9 Å². The molecule has 2 heterocycles. The highest BCUT2D eigenvalue weighted by Gasteiger charge is 2.78. The molecule has 0 aromatic rings. The van der Waals surface area contributed by atoms with E-state index in [0.717, 1.165) is 25.8 Å². The number of hydrogen-bond donors (Lipinski definition) is 1. The van der Waals surface area contributed by atoms with Crippen molar-refractivity contribution in [1.29, 1.82) is 0 Å². The van der Waals surface area contributed by atoms with Crippen molar-refractivity contribution in [2.24, 2.45) is 57.2 Å². The second-order valence-electron chi connectivity index (χ2n) is 19.7. The molecule has 9 nitrogen and oxygen atoms in total. The zero-order valence-electron chi connectivity index (χ0n) is 33.3. The Morgan fingerprint density at radius 2 is 1.82 bits per heavy atom. The summed E-state index contributed by atoms with van der Waals surface area (Å²) in [6.45, 7) is 19.8. The van der Waals surface area contributed by atoms with Gasteiger partial charge in [0.05, 0.1) is 43.6 Å². The van der Waals surface area contributed by atoms with Crippen LogP contribution in [0.15, 0.2) is 12.2 Å². The topological polar surface area (TPSA) is 97.8 Å². The minimum absolute atomic E-state index is 0.00504. The van der Waals surface area contributed by atoms with Gasteiger partial charge in [0, 0.05) is 27.6 Å². The number of allylic oxidation sites excluding steroid dienone is 2. The number of carbonyl (C=O) groups is 2. The molecule has 3 saturated carbocycles. The summed E-state index contributed by atoms with van der Waals surface area (Å²) in [5.41, 5.74) is -0.501. The van der Waals surface area contributed by atoms with Gasteiger partial charge in [0.25, 0.3) is 0 Å². The van der Waals surface area contributed by atoms with Gasteiger partial charge in [0.15, 0.2) is 12.4 Å².